The molecule has 1 aromatic heterocycles. The van der Waals surface area contributed by atoms with Gasteiger partial charge in [0.15, 0.2) is 0 Å². The number of carboxylic acids is 1. The van der Waals surface area contributed by atoms with Crippen molar-refractivity contribution in [3.05, 3.63) is 23.7 Å². The van der Waals surface area contributed by atoms with Gasteiger partial charge in [0.2, 0.25) is 11.5 Å². The van der Waals surface area contributed by atoms with Crippen molar-refractivity contribution in [3.63, 3.8) is 0 Å². The van der Waals surface area contributed by atoms with E-state index in [0.717, 1.165) is 14.0 Å². The summed E-state index contributed by atoms with van der Waals surface area (Å²) in [5, 5.41) is 18.0. The molecule has 0 saturated carbocycles. The summed E-state index contributed by atoms with van der Waals surface area (Å²) < 4.78 is 13.8. The van der Waals surface area contributed by atoms with Crippen LogP contribution in [0.15, 0.2) is 16.5 Å². The fourth-order valence-electron chi connectivity index (χ4n) is 1.05. The molecule has 1 heterocycles. The summed E-state index contributed by atoms with van der Waals surface area (Å²) in [6, 6.07) is 2.47. The SMILES string of the molecule is CO[C@@](C)(O)C(=O)C(=O)OCc1ccc(C(=O)O)o1. The zero-order valence-electron chi connectivity index (χ0n) is 10.2. The number of furan rings is 1. The number of aromatic carboxylic acids is 1. The van der Waals surface area contributed by atoms with Crippen LogP contribution in [0, 0.1) is 0 Å². The molecular formula is C11H12O8. The van der Waals surface area contributed by atoms with Gasteiger partial charge < -0.3 is 24.1 Å². The lowest BCUT2D eigenvalue weighted by atomic mass is 10.2. The molecule has 8 heteroatoms. The van der Waals surface area contributed by atoms with Crippen LogP contribution in [-0.2, 0) is 25.7 Å². The molecule has 8 nitrogen and oxygen atoms in total. The number of hydrogen-bond acceptors (Lipinski definition) is 7. The monoisotopic (exact) mass is 272 g/mol. The average Bonchev–Trinajstić information content (AvgIpc) is 2.83. The van der Waals surface area contributed by atoms with Crippen molar-refractivity contribution in [2.75, 3.05) is 7.11 Å². The summed E-state index contributed by atoms with van der Waals surface area (Å²) in [5.74, 6) is -6.40. The van der Waals surface area contributed by atoms with Crippen molar-refractivity contribution >= 4 is 17.7 Å². The molecule has 0 aliphatic carbocycles. The highest BCUT2D eigenvalue weighted by Crippen LogP contribution is 2.11. The molecule has 0 aliphatic rings. The van der Waals surface area contributed by atoms with E-state index < -0.39 is 30.1 Å². The Labute approximate surface area is 107 Å². The quantitative estimate of drug-likeness (QED) is 0.419. The summed E-state index contributed by atoms with van der Waals surface area (Å²) in [5.41, 5.74) is 0. The summed E-state index contributed by atoms with van der Waals surface area (Å²) >= 11 is 0. The maximum Gasteiger partial charge on any atom is 0.380 e. The Balaban J connectivity index is 2.59. The van der Waals surface area contributed by atoms with Crippen molar-refractivity contribution in [3.8, 4) is 0 Å². The van der Waals surface area contributed by atoms with Gasteiger partial charge in [0.25, 0.3) is 5.78 Å². The van der Waals surface area contributed by atoms with Crippen LogP contribution in [-0.4, -0.2) is 40.8 Å². The molecule has 0 amide bonds. The van der Waals surface area contributed by atoms with Gasteiger partial charge in [-0.25, -0.2) is 9.59 Å². The number of ketones is 1. The normalized spacial score (nSPS) is 13.6. The third-order valence-electron chi connectivity index (χ3n) is 2.22. The molecule has 0 spiro atoms. The van der Waals surface area contributed by atoms with Gasteiger partial charge in [0.05, 0.1) is 0 Å². The lowest BCUT2D eigenvalue weighted by Gasteiger charge is -2.17. The van der Waals surface area contributed by atoms with E-state index in [1.807, 2.05) is 0 Å². The molecule has 1 rings (SSSR count). The number of carbonyl (C=O) groups excluding carboxylic acids is 2. The molecule has 1 aromatic rings. The van der Waals surface area contributed by atoms with Crippen LogP contribution in [0.5, 0.6) is 0 Å². The number of ether oxygens (including phenoxy) is 2. The zero-order chi connectivity index (χ0) is 14.6. The first-order valence-electron chi connectivity index (χ1n) is 5.09. The van der Waals surface area contributed by atoms with Crippen molar-refractivity contribution in [1.29, 1.82) is 0 Å². The third kappa shape index (κ3) is 3.63. The van der Waals surface area contributed by atoms with Crippen LogP contribution in [0.2, 0.25) is 0 Å². The highest BCUT2D eigenvalue weighted by molar-refractivity contribution is 6.36. The van der Waals surface area contributed by atoms with Crippen molar-refractivity contribution in [1.82, 2.24) is 0 Å². The van der Waals surface area contributed by atoms with Crippen LogP contribution in [0.4, 0.5) is 0 Å². The highest BCUT2D eigenvalue weighted by Gasteiger charge is 2.37. The molecule has 2 N–H and O–H groups in total. The second-order valence-electron chi connectivity index (χ2n) is 3.66. The topological polar surface area (TPSA) is 123 Å². The second kappa shape index (κ2) is 5.63. The average molecular weight is 272 g/mol. The summed E-state index contributed by atoms with van der Waals surface area (Å²) in [6.07, 6.45) is 0. The van der Waals surface area contributed by atoms with Gasteiger partial charge in [-0.3, -0.25) is 4.79 Å². The smallest absolute Gasteiger partial charge is 0.380 e. The fraction of sp³-hybridized carbons (Fsp3) is 0.364. The molecule has 0 aliphatic heterocycles. The van der Waals surface area contributed by atoms with E-state index in [1.165, 1.54) is 12.1 Å². The zero-order valence-corrected chi connectivity index (χ0v) is 10.2. The molecule has 0 aromatic carbocycles. The number of hydrogen-bond donors (Lipinski definition) is 2. The number of Topliss-reactive ketones (excluding diaryl/α,β-unsaturated/α-hetero) is 1. The Hall–Kier alpha value is -2.19. The van der Waals surface area contributed by atoms with Crippen molar-refractivity contribution < 1.29 is 38.5 Å². The molecule has 0 bridgehead atoms. The number of esters is 1. The minimum Gasteiger partial charge on any atom is -0.475 e. The Bertz CT molecular complexity index is 499. The lowest BCUT2D eigenvalue weighted by Crippen LogP contribution is -2.42. The van der Waals surface area contributed by atoms with Crippen LogP contribution >= 0.6 is 0 Å². The summed E-state index contributed by atoms with van der Waals surface area (Å²) in [4.78, 5) is 33.2. The molecule has 104 valence electrons. The van der Waals surface area contributed by atoms with E-state index in [4.69, 9.17) is 9.52 Å². The van der Waals surface area contributed by atoms with E-state index in [2.05, 4.69) is 9.47 Å². The fourth-order valence-corrected chi connectivity index (χ4v) is 1.05. The van der Waals surface area contributed by atoms with E-state index >= 15 is 0 Å². The molecular weight excluding hydrogens is 260 g/mol. The molecule has 1 atom stereocenters. The Morgan fingerprint density at radius 2 is 2.00 bits per heavy atom. The van der Waals surface area contributed by atoms with Crippen LogP contribution in [0.1, 0.15) is 23.2 Å². The number of rotatable bonds is 6. The minimum atomic E-state index is -2.27. The highest BCUT2D eigenvalue weighted by atomic mass is 16.6. The predicted octanol–water partition coefficient (Wildman–Crippen LogP) is -0.0550. The molecule has 0 fully saturated rings. The molecule has 0 unspecified atom stereocenters. The number of carboxylic acid groups (broad SMARTS) is 1. The van der Waals surface area contributed by atoms with Crippen molar-refractivity contribution in [2.24, 2.45) is 0 Å². The largest absolute Gasteiger partial charge is 0.475 e. The second-order valence-corrected chi connectivity index (χ2v) is 3.66. The van der Waals surface area contributed by atoms with Crippen molar-refractivity contribution in [2.45, 2.75) is 19.3 Å². The van der Waals surface area contributed by atoms with E-state index in [0.29, 0.717) is 0 Å². The standard InChI is InChI=1S/C11H12O8/c1-11(16,17-2)8(12)10(15)18-5-6-3-4-7(19-6)9(13)14/h3-4,16H,5H2,1-2H3,(H,13,14)/t11-/m1/s1. The van der Waals surface area contributed by atoms with Gasteiger partial charge in [0.1, 0.15) is 12.4 Å². The first-order valence-corrected chi connectivity index (χ1v) is 5.09. The van der Waals surface area contributed by atoms with E-state index in [9.17, 15) is 19.5 Å². The summed E-state index contributed by atoms with van der Waals surface area (Å²) in [7, 11) is 1.05. The number of carbonyl (C=O) groups is 3. The maximum atomic E-state index is 11.4. The predicted molar refractivity (Wildman–Crippen MR) is 58.1 cm³/mol. The molecule has 0 radical (unpaired) electrons. The Kier molecular flexibility index (Phi) is 4.41. The third-order valence-corrected chi connectivity index (χ3v) is 2.22. The maximum absolute atomic E-state index is 11.4. The Morgan fingerprint density at radius 1 is 1.37 bits per heavy atom. The lowest BCUT2D eigenvalue weighted by molar-refractivity contribution is -0.195. The number of methoxy groups -OCH3 is 1. The van der Waals surface area contributed by atoms with Gasteiger partial charge in [-0.15, -0.1) is 0 Å². The van der Waals surface area contributed by atoms with Crippen LogP contribution in [0.3, 0.4) is 0 Å². The van der Waals surface area contributed by atoms with Gasteiger partial charge in [-0.1, -0.05) is 0 Å². The van der Waals surface area contributed by atoms with E-state index in [1.54, 1.807) is 0 Å². The molecule has 19 heavy (non-hydrogen) atoms. The van der Waals surface area contributed by atoms with Gasteiger partial charge in [-0.2, -0.15) is 0 Å². The summed E-state index contributed by atoms with van der Waals surface area (Å²) in [6.45, 7) is 0.559. The van der Waals surface area contributed by atoms with Gasteiger partial charge in [0, 0.05) is 7.11 Å². The van der Waals surface area contributed by atoms with E-state index in [-0.39, 0.29) is 11.5 Å². The van der Waals surface area contributed by atoms with Gasteiger partial charge in [-0.05, 0) is 19.1 Å². The first-order chi connectivity index (χ1) is 8.77. The minimum absolute atomic E-state index is 0.0515. The Morgan fingerprint density at radius 3 is 2.47 bits per heavy atom. The van der Waals surface area contributed by atoms with Gasteiger partial charge >= 0.3 is 11.9 Å². The number of aliphatic hydroxyl groups is 1. The molecule has 0 saturated heterocycles. The van der Waals surface area contributed by atoms with Crippen LogP contribution < -0.4 is 0 Å². The van der Waals surface area contributed by atoms with Crippen LogP contribution in [0.25, 0.3) is 0 Å². The first kappa shape index (κ1) is 14.9.